The zero-order chi connectivity index (χ0) is 12.3. The van der Waals surface area contributed by atoms with E-state index < -0.39 is 0 Å². The molecule has 0 aliphatic carbocycles. The number of amides is 2. The molecule has 0 unspecified atom stereocenters. The summed E-state index contributed by atoms with van der Waals surface area (Å²) < 4.78 is 0. The van der Waals surface area contributed by atoms with Crippen LogP contribution in [-0.2, 0) is 4.79 Å². The number of hydrogen-bond acceptors (Lipinski definition) is 3. The van der Waals surface area contributed by atoms with Gasteiger partial charge in [0.05, 0.1) is 11.6 Å². The number of rotatable bonds is 1. The van der Waals surface area contributed by atoms with Gasteiger partial charge in [-0.1, -0.05) is 11.6 Å². The molecule has 0 aromatic carbocycles. The zero-order valence-corrected chi connectivity index (χ0v) is 9.91. The molecular formula is C11H12ClN3O2. The highest BCUT2D eigenvalue weighted by Crippen LogP contribution is 2.09. The molecule has 5 nitrogen and oxygen atoms in total. The molecule has 0 atom stereocenters. The Balaban J connectivity index is 2.13. The van der Waals surface area contributed by atoms with Crippen LogP contribution in [-0.4, -0.2) is 41.3 Å². The first-order valence-corrected chi connectivity index (χ1v) is 5.72. The lowest BCUT2D eigenvalue weighted by Gasteiger charge is -2.18. The molecule has 1 aromatic rings. The van der Waals surface area contributed by atoms with E-state index in [1.807, 2.05) is 0 Å². The van der Waals surface area contributed by atoms with E-state index in [0.29, 0.717) is 23.8 Å². The Hall–Kier alpha value is -1.62. The Kier molecular flexibility index (Phi) is 3.58. The van der Waals surface area contributed by atoms with Gasteiger partial charge in [-0.05, 0) is 18.6 Å². The molecule has 0 radical (unpaired) electrons. The van der Waals surface area contributed by atoms with Crippen LogP contribution in [0.1, 0.15) is 16.9 Å². The molecule has 1 aliphatic heterocycles. The Morgan fingerprint density at radius 2 is 2.29 bits per heavy atom. The summed E-state index contributed by atoms with van der Waals surface area (Å²) in [6, 6.07) is 3.17. The van der Waals surface area contributed by atoms with Crippen LogP contribution < -0.4 is 5.32 Å². The third-order valence-corrected chi connectivity index (χ3v) is 2.72. The van der Waals surface area contributed by atoms with Crippen LogP contribution in [0.3, 0.4) is 0 Å². The van der Waals surface area contributed by atoms with E-state index in [1.165, 1.54) is 11.1 Å². The maximum absolute atomic E-state index is 12.0. The lowest BCUT2D eigenvalue weighted by Crippen LogP contribution is -2.37. The lowest BCUT2D eigenvalue weighted by atomic mass is 10.3. The molecule has 1 saturated heterocycles. The van der Waals surface area contributed by atoms with Gasteiger partial charge in [-0.2, -0.15) is 0 Å². The van der Waals surface area contributed by atoms with E-state index in [-0.39, 0.29) is 18.4 Å². The molecule has 0 spiro atoms. The number of hydrogen-bond donors (Lipinski definition) is 1. The van der Waals surface area contributed by atoms with Crippen molar-refractivity contribution in [2.45, 2.75) is 6.42 Å². The number of halogens is 1. The molecule has 2 heterocycles. The highest BCUT2D eigenvalue weighted by molar-refractivity contribution is 6.30. The second-order valence-electron chi connectivity index (χ2n) is 3.79. The van der Waals surface area contributed by atoms with Crippen LogP contribution in [0.15, 0.2) is 18.3 Å². The monoisotopic (exact) mass is 253 g/mol. The molecule has 0 saturated carbocycles. The molecule has 2 amide bonds. The molecular weight excluding hydrogens is 242 g/mol. The van der Waals surface area contributed by atoms with Gasteiger partial charge in [-0.3, -0.25) is 9.59 Å². The maximum Gasteiger partial charge on any atom is 0.272 e. The molecule has 17 heavy (non-hydrogen) atoms. The van der Waals surface area contributed by atoms with E-state index in [1.54, 1.807) is 12.1 Å². The fourth-order valence-electron chi connectivity index (χ4n) is 1.64. The number of nitrogens with one attached hydrogen (secondary N) is 1. The molecule has 2 rings (SSSR count). The van der Waals surface area contributed by atoms with Gasteiger partial charge < -0.3 is 10.2 Å². The van der Waals surface area contributed by atoms with E-state index >= 15 is 0 Å². The van der Waals surface area contributed by atoms with Gasteiger partial charge in [0.1, 0.15) is 5.69 Å². The van der Waals surface area contributed by atoms with Crippen molar-refractivity contribution >= 4 is 23.4 Å². The second kappa shape index (κ2) is 5.14. The molecule has 0 bridgehead atoms. The van der Waals surface area contributed by atoms with Crippen molar-refractivity contribution in [1.29, 1.82) is 0 Å². The van der Waals surface area contributed by atoms with Crippen molar-refractivity contribution in [2.75, 3.05) is 19.6 Å². The minimum Gasteiger partial charge on any atom is -0.354 e. The first kappa shape index (κ1) is 11.9. The summed E-state index contributed by atoms with van der Waals surface area (Å²) in [5.74, 6) is -0.372. The lowest BCUT2D eigenvalue weighted by molar-refractivity contribution is -0.121. The fourth-order valence-corrected chi connectivity index (χ4v) is 1.76. The normalized spacial score (nSPS) is 16.3. The molecule has 1 aliphatic rings. The smallest absolute Gasteiger partial charge is 0.272 e. The van der Waals surface area contributed by atoms with Gasteiger partial charge in [0.2, 0.25) is 5.91 Å². The van der Waals surface area contributed by atoms with E-state index in [2.05, 4.69) is 10.3 Å². The Labute approximate surface area is 104 Å². The third-order valence-electron chi connectivity index (χ3n) is 2.50. The average molecular weight is 254 g/mol. The van der Waals surface area contributed by atoms with Crippen molar-refractivity contribution in [3.05, 3.63) is 29.0 Å². The van der Waals surface area contributed by atoms with Crippen molar-refractivity contribution in [1.82, 2.24) is 15.2 Å². The van der Waals surface area contributed by atoms with Gasteiger partial charge in [0.25, 0.3) is 5.91 Å². The maximum atomic E-state index is 12.0. The molecule has 90 valence electrons. The summed E-state index contributed by atoms with van der Waals surface area (Å²) in [6.45, 7) is 1.25. The summed E-state index contributed by atoms with van der Waals surface area (Å²) >= 11 is 5.70. The van der Waals surface area contributed by atoms with Crippen LogP contribution >= 0.6 is 11.6 Å². The highest BCUT2D eigenvalue weighted by atomic mass is 35.5. The third kappa shape index (κ3) is 2.94. The largest absolute Gasteiger partial charge is 0.354 e. The predicted octanol–water partition coefficient (Wildman–Crippen LogP) is 0.697. The predicted molar refractivity (Wildman–Crippen MR) is 62.8 cm³/mol. The van der Waals surface area contributed by atoms with E-state index in [0.717, 1.165) is 6.42 Å². The summed E-state index contributed by atoms with van der Waals surface area (Å²) in [6.07, 6.45) is 2.18. The summed E-state index contributed by atoms with van der Waals surface area (Å²) in [4.78, 5) is 28.8. The summed E-state index contributed by atoms with van der Waals surface area (Å²) in [5.41, 5.74) is 0.309. The van der Waals surface area contributed by atoms with Gasteiger partial charge in [-0.15, -0.1) is 0 Å². The van der Waals surface area contributed by atoms with Gasteiger partial charge >= 0.3 is 0 Å². The van der Waals surface area contributed by atoms with Gasteiger partial charge in [-0.25, -0.2) is 4.98 Å². The van der Waals surface area contributed by atoms with Crippen LogP contribution in [0.4, 0.5) is 0 Å². The van der Waals surface area contributed by atoms with Crippen molar-refractivity contribution in [3.63, 3.8) is 0 Å². The first-order chi connectivity index (χ1) is 8.16. The minimum atomic E-state index is -0.237. The molecule has 1 aromatic heterocycles. The Bertz CT molecular complexity index is 433. The topological polar surface area (TPSA) is 62.3 Å². The quantitative estimate of drug-likeness (QED) is 0.801. The van der Waals surface area contributed by atoms with Gasteiger partial charge in [0.15, 0.2) is 0 Å². The average Bonchev–Trinajstić information content (AvgIpc) is 2.54. The SMILES string of the molecule is O=C1CN(C(=O)c2ccc(Cl)cn2)CCCN1. The number of carbonyl (C=O) groups excluding carboxylic acids is 2. The second-order valence-corrected chi connectivity index (χ2v) is 4.23. The number of pyridine rings is 1. The molecule has 1 N–H and O–H groups in total. The Morgan fingerprint density at radius 1 is 1.47 bits per heavy atom. The first-order valence-electron chi connectivity index (χ1n) is 5.34. The minimum absolute atomic E-state index is 0.0864. The zero-order valence-electron chi connectivity index (χ0n) is 9.15. The number of carbonyl (C=O) groups is 2. The fraction of sp³-hybridized carbons (Fsp3) is 0.364. The standard InChI is InChI=1S/C11H12ClN3O2/c12-8-2-3-9(14-6-8)11(17)15-5-1-4-13-10(16)7-15/h2-3,6H,1,4-5,7H2,(H,13,16). The van der Waals surface area contributed by atoms with Crippen molar-refractivity contribution in [3.8, 4) is 0 Å². The van der Waals surface area contributed by atoms with Gasteiger partial charge in [0, 0.05) is 19.3 Å². The number of nitrogens with zero attached hydrogens (tertiary/aromatic N) is 2. The van der Waals surface area contributed by atoms with E-state index in [9.17, 15) is 9.59 Å². The van der Waals surface area contributed by atoms with Crippen LogP contribution in [0, 0.1) is 0 Å². The van der Waals surface area contributed by atoms with Crippen molar-refractivity contribution in [2.24, 2.45) is 0 Å². The van der Waals surface area contributed by atoms with E-state index in [4.69, 9.17) is 11.6 Å². The Morgan fingerprint density at radius 3 is 3.00 bits per heavy atom. The molecule has 6 heteroatoms. The van der Waals surface area contributed by atoms with Crippen molar-refractivity contribution < 1.29 is 9.59 Å². The van der Waals surface area contributed by atoms with Crippen LogP contribution in [0.2, 0.25) is 5.02 Å². The van der Waals surface area contributed by atoms with Crippen LogP contribution in [0.5, 0.6) is 0 Å². The summed E-state index contributed by atoms with van der Waals surface area (Å²) in [7, 11) is 0. The summed E-state index contributed by atoms with van der Waals surface area (Å²) in [5, 5.41) is 3.20. The molecule has 1 fully saturated rings. The van der Waals surface area contributed by atoms with Crippen LogP contribution in [0.25, 0.3) is 0 Å². The number of aromatic nitrogens is 1. The highest BCUT2D eigenvalue weighted by Gasteiger charge is 2.21.